The molecule has 2 saturated heterocycles. The monoisotopic (exact) mass is 674 g/mol. The summed E-state index contributed by atoms with van der Waals surface area (Å²) in [5.74, 6) is 2.69. The Bertz CT molecular complexity index is 1930. The van der Waals surface area contributed by atoms with Crippen molar-refractivity contribution in [2.24, 2.45) is 5.41 Å². The average Bonchev–Trinajstić information content (AvgIpc) is 3.54. The van der Waals surface area contributed by atoms with Gasteiger partial charge in [0.15, 0.2) is 0 Å². The summed E-state index contributed by atoms with van der Waals surface area (Å²) in [7, 11) is 0. The highest BCUT2D eigenvalue weighted by atomic mass is 16.5. The number of nitrogens with zero attached hydrogens (tertiary/aromatic N) is 2. The normalized spacial score (nSPS) is 20.8. The molecule has 1 aliphatic carbocycles. The predicted octanol–water partition coefficient (Wildman–Crippen LogP) is 10.9. The molecule has 2 fully saturated rings. The van der Waals surface area contributed by atoms with Crippen LogP contribution in [0.3, 0.4) is 0 Å². The van der Waals surface area contributed by atoms with E-state index in [4.69, 9.17) is 9.15 Å². The maximum Gasteiger partial charge on any atom is 0.362 e. The van der Waals surface area contributed by atoms with Crippen LogP contribution in [0.5, 0.6) is 5.75 Å². The summed E-state index contributed by atoms with van der Waals surface area (Å²) >= 11 is 0. The van der Waals surface area contributed by atoms with Crippen LogP contribution in [0.25, 0.3) is 22.6 Å². The molecule has 3 aliphatic heterocycles. The van der Waals surface area contributed by atoms with Crippen molar-refractivity contribution >= 4 is 39.8 Å². The number of rotatable bonds is 4. The molecule has 7 rings (SSSR count). The van der Waals surface area contributed by atoms with Gasteiger partial charge < -0.3 is 19.6 Å². The quantitative estimate of drug-likeness (QED) is 0.220. The van der Waals surface area contributed by atoms with Crippen LogP contribution < -0.4 is 14.5 Å². The molecule has 6 heteroatoms. The summed E-state index contributed by atoms with van der Waals surface area (Å²) in [4.78, 5) is 16.4. The molecule has 0 bridgehead atoms. The van der Waals surface area contributed by atoms with Gasteiger partial charge in [-0.25, -0.2) is 4.42 Å². The van der Waals surface area contributed by atoms with E-state index in [-0.39, 0.29) is 22.4 Å². The van der Waals surface area contributed by atoms with Crippen molar-refractivity contribution in [3.8, 4) is 5.75 Å². The summed E-state index contributed by atoms with van der Waals surface area (Å²) in [5, 5.41) is 12.4. The Balaban J connectivity index is 1.26. The topological polar surface area (TPSA) is 68.6 Å². The zero-order valence-electron chi connectivity index (χ0n) is 30.9. The largest absolute Gasteiger partial charge is 0.506 e. The van der Waals surface area contributed by atoms with Crippen molar-refractivity contribution in [2.75, 3.05) is 36.0 Å². The van der Waals surface area contributed by atoms with Crippen molar-refractivity contribution in [1.82, 2.24) is 0 Å². The van der Waals surface area contributed by atoms with Crippen LogP contribution in [-0.2, 0) is 5.41 Å². The van der Waals surface area contributed by atoms with Gasteiger partial charge >= 0.3 is 17.1 Å². The van der Waals surface area contributed by atoms with Gasteiger partial charge in [-0.3, -0.25) is 4.79 Å². The van der Waals surface area contributed by atoms with Crippen LogP contribution in [-0.4, -0.2) is 41.9 Å². The lowest BCUT2D eigenvalue weighted by Gasteiger charge is -2.30. The SMILES string of the molecule is CC(C)(C)C1=CC(=CC2=C(O)C(=Cc3cc(C(C)(C)C)[o+]c4cc(N5CCCCCC5)ccc34)C2=[OH+])c2ccc(N3CCCCCC3)cc2O1. The summed E-state index contributed by atoms with van der Waals surface area (Å²) in [6.07, 6.45) is 15.8. The fourth-order valence-corrected chi connectivity index (χ4v) is 7.47. The number of hydrogen-bond donors (Lipinski definition) is 1. The Morgan fingerprint density at radius 1 is 0.740 bits per heavy atom. The van der Waals surface area contributed by atoms with Crippen LogP contribution in [0.15, 0.2) is 81.7 Å². The summed E-state index contributed by atoms with van der Waals surface area (Å²) in [6, 6.07) is 15.0. The molecular weight excluding hydrogens is 620 g/mol. The van der Waals surface area contributed by atoms with E-state index in [0.29, 0.717) is 11.1 Å². The molecule has 0 saturated carbocycles. The highest BCUT2D eigenvalue weighted by Gasteiger charge is 2.40. The second kappa shape index (κ2) is 13.4. The van der Waals surface area contributed by atoms with Gasteiger partial charge in [0, 0.05) is 66.2 Å². The number of fused-ring (bicyclic) bond motifs is 2. The third kappa shape index (κ3) is 6.86. The van der Waals surface area contributed by atoms with Crippen molar-refractivity contribution in [1.29, 1.82) is 0 Å². The molecular formula is C44H54N2O4+2. The zero-order valence-corrected chi connectivity index (χ0v) is 30.9. The van der Waals surface area contributed by atoms with E-state index in [0.717, 1.165) is 71.1 Å². The zero-order chi connectivity index (χ0) is 35.2. The number of carbonyl (C=O) groups excluding carboxylic acids is 1. The van der Waals surface area contributed by atoms with Gasteiger partial charge in [0.1, 0.15) is 28.4 Å². The molecule has 50 heavy (non-hydrogen) atoms. The molecule has 2 aromatic carbocycles. The van der Waals surface area contributed by atoms with Gasteiger partial charge in [-0.2, -0.15) is 0 Å². The number of allylic oxidation sites excluding steroid dienone is 6. The highest BCUT2D eigenvalue weighted by Crippen LogP contribution is 2.44. The van der Waals surface area contributed by atoms with Crippen molar-refractivity contribution < 1.29 is 19.1 Å². The smallest absolute Gasteiger partial charge is 0.362 e. The maximum atomic E-state index is 11.5. The molecule has 6 nitrogen and oxygen atoms in total. The number of ether oxygens (including phenoxy) is 1. The van der Waals surface area contributed by atoms with E-state index in [9.17, 15) is 9.90 Å². The molecule has 0 amide bonds. The lowest BCUT2D eigenvalue weighted by atomic mass is 9.83. The first kappa shape index (κ1) is 34.1. The van der Waals surface area contributed by atoms with Gasteiger partial charge in [0.05, 0.1) is 16.9 Å². The van der Waals surface area contributed by atoms with E-state index in [2.05, 4.69) is 87.7 Å². The van der Waals surface area contributed by atoms with Gasteiger partial charge in [-0.05, 0) is 94.5 Å². The second-order valence-corrected chi connectivity index (χ2v) is 16.6. The third-order valence-electron chi connectivity index (χ3n) is 10.6. The third-order valence-corrected chi connectivity index (χ3v) is 10.6. The van der Waals surface area contributed by atoms with Crippen molar-refractivity contribution in [3.05, 3.63) is 94.2 Å². The van der Waals surface area contributed by atoms with E-state index in [1.54, 1.807) is 0 Å². The Morgan fingerprint density at radius 2 is 1.34 bits per heavy atom. The predicted molar refractivity (Wildman–Crippen MR) is 208 cm³/mol. The lowest BCUT2D eigenvalue weighted by molar-refractivity contribution is 0.291. The number of benzene rings is 2. The Kier molecular flexibility index (Phi) is 9.17. The molecule has 4 heterocycles. The van der Waals surface area contributed by atoms with Gasteiger partial charge in [0.2, 0.25) is 0 Å². The number of aliphatic hydroxyl groups excluding tert-OH is 1. The highest BCUT2D eigenvalue weighted by molar-refractivity contribution is 6.25. The Labute approximate surface area is 297 Å². The molecule has 3 aromatic rings. The molecule has 2 N–H and O–H groups in total. The fraction of sp³-hybridized carbons (Fsp3) is 0.455. The molecule has 1 aromatic heterocycles. The second-order valence-electron chi connectivity index (χ2n) is 16.6. The van der Waals surface area contributed by atoms with Gasteiger partial charge in [-0.1, -0.05) is 46.5 Å². The number of ketones is 1. The Morgan fingerprint density at radius 3 is 1.92 bits per heavy atom. The maximum absolute atomic E-state index is 11.5. The lowest BCUT2D eigenvalue weighted by Crippen LogP contribution is -2.24. The van der Waals surface area contributed by atoms with Crippen LogP contribution in [0.2, 0.25) is 0 Å². The molecule has 0 atom stereocenters. The van der Waals surface area contributed by atoms with Crippen LogP contribution >= 0.6 is 0 Å². The number of anilines is 2. The summed E-state index contributed by atoms with van der Waals surface area (Å²) in [6.45, 7) is 17.1. The standard InChI is InChI=1S/C44H52N2O4/c1-43(2,3)39-25-29(33-17-15-31(27-37(33)49-39)45-19-11-7-8-12-20-45)23-35-41(47)36(42(35)48)24-30-26-40(44(4,5)6)50-38-28-32(16-18-34(30)38)46-21-13-9-10-14-22-46/h15-18,23-28H,7-14,19-22H2,1-6H3/p+2. The van der Waals surface area contributed by atoms with Crippen LogP contribution in [0, 0.1) is 5.41 Å². The van der Waals surface area contributed by atoms with Gasteiger partial charge in [0.25, 0.3) is 0 Å². The van der Waals surface area contributed by atoms with E-state index < -0.39 is 0 Å². The fourth-order valence-electron chi connectivity index (χ4n) is 7.47. The van der Waals surface area contributed by atoms with E-state index in [1.807, 2.05) is 24.3 Å². The number of hydrogen-bond acceptors (Lipinski definition) is 4. The minimum absolute atomic E-state index is 0.0855. The minimum atomic E-state index is -0.223. The summed E-state index contributed by atoms with van der Waals surface area (Å²) < 4.78 is 13.1. The average molecular weight is 675 g/mol. The minimum Gasteiger partial charge on any atom is -0.506 e. The van der Waals surface area contributed by atoms with Gasteiger partial charge in [-0.15, -0.1) is 0 Å². The Hall–Kier alpha value is -4.32. The first-order valence-corrected chi connectivity index (χ1v) is 18.8. The molecule has 0 radical (unpaired) electrons. The van der Waals surface area contributed by atoms with Crippen molar-refractivity contribution in [3.63, 3.8) is 0 Å². The van der Waals surface area contributed by atoms with Crippen LogP contribution in [0.1, 0.15) is 110 Å². The van der Waals surface area contributed by atoms with Crippen molar-refractivity contribution in [2.45, 2.75) is 98.3 Å². The molecule has 0 unspecified atom stereocenters. The van der Waals surface area contributed by atoms with Crippen LogP contribution in [0.4, 0.5) is 11.4 Å². The van der Waals surface area contributed by atoms with E-state index in [1.165, 1.54) is 62.7 Å². The van der Waals surface area contributed by atoms with E-state index >= 15 is 0 Å². The molecule has 4 aliphatic rings. The summed E-state index contributed by atoms with van der Waals surface area (Å²) in [5.41, 5.74) is 6.37. The first-order chi connectivity index (χ1) is 23.9. The number of aliphatic hydroxyl groups is 1. The molecule has 262 valence electrons. The first-order valence-electron chi connectivity index (χ1n) is 18.8. The molecule has 0 spiro atoms.